The molecule has 0 unspecified atom stereocenters. The highest BCUT2D eigenvalue weighted by Gasteiger charge is 2.26. The highest BCUT2D eigenvalue weighted by molar-refractivity contribution is 7.18. The summed E-state index contributed by atoms with van der Waals surface area (Å²) in [5.74, 6) is 0.220. The zero-order valence-corrected chi connectivity index (χ0v) is 10.5. The molecule has 3 rings (SSSR count). The third kappa shape index (κ3) is 2.24. The van der Waals surface area contributed by atoms with Crippen molar-refractivity contribution in [1.29, 1.82) is 0 Å². The quantitative estimate of drug-likeness (QED) is 0.919. The second kappa shape index (κ2) is 4.81. The van der Waals surface area contributed by atoms with Crippen molar-refractivity contribution in [3.05, 3.63) is 24.4 Å². The van der Waals surface area contributed by atoms with Gasteiger partial charge in [0.2, 0.25) is 11.0 Å². The fourth-order valence-corrected chi connectivity index (χ4v) is 2.47. The predicted octanol–water partition coefficient (Wildman–Crippen LogP) is 2.34. The molecular formula is C12H12N4OS. The van der Waals surface area contributed by atoms with E-state index in [1.807, 2.05) is 18.2 Å². The lowest BCUT2D eigenvalue weighted by Crippen LogP contribution is -2.27. The minimum Gasteiger partial charge on any atom is -0.300 e. The maximum absolute atomic E-state index is 11.8. The van der Waals surface area contributed by atoms with Crippen molar-refractivity contribution in [3.8, 4) is 10.7 Å². The Labute approximate surface area is 108 Å². The van der Waals surface area contributed by atoms with Gasteiger partial charge in [0.15, 0.2) is 5.01 Å². The van der Waals surface area contributed by atoms with Crippen molar-refractivity contribution < 1.29 is 4.79 Å². The lowest BCUT2D eigenvalue weighted by atomic mass is 9.85. The van der Waals surface area contributed by atoms with Crippen LogP contribution in [0.1, 0.15) is 19.3 Å². The van der Waals surface area contributed by atoms with Gasteiger partial charge in [-0.15, -0.1) is 10.2 Å². The Morgan fingerprint density at radius 3 is 2.89 bits per heavy atom. The van der Waals surface area contributed by atoms with E-state index in [0.29, 0.717) is 5.13 Å². The molecule has 0 spiro atoms. The number of pyridine rings is 1. The first-order valence-corrected chi connectivity index (χ1v) is 6.70. The van der Waals surface area contributed by atoms with Gasteiger partial charge >= 0.3 is 0 Å². The van der Waals surface area contributed by atoms with Crippen LogP contribution in [0.15, 0.2) is 24.4 Å². The van der Waals surface area contributed by atoms with E-state index < -0.39 is 0 Å². The van der Waals surface area contributed by atoms with E-state index in [4.69, 9.17) is 0 Å². The van der Waals surface area contributed by atoms with Crippen LogP contribution >= 0.6 is 11.3 Å². The monoisotopic (exact) mass is 260 g/mol. The van der Waals surface area contributed by atoms with Crippen molar-refractivity contribution in [2.45, 2.75) is 19.3 Å². The molecule has 2 heterocycles. The first-order chi connectivity index (χ1) is 8.83. The van der Waals surface area contributed by atoms with Crippen LogP contribution in [0, 0.1) is 5.92 Å². The van der Waals surface area contributed by atoms with Gasteiger partial charge in [-0.3, -0.25) is 9.78 Å². The molecule has 92 valence electrons. The van der Waals surface area contributed by atoms with Crippen LogP contribution in [0.25, 0.3) is 10.7 Å². The second-order valence-electron chi connectivity index (χ2n) is 4.24. The minimum atomic E-state index is 0.0602. The molecule has 1 aliphatic carbocycles. The zero-order chi connectivity index (χ0) is 12.4. The van der Waals surface area contributed by atoms with E-state index in [1.54, 1.807) is 6.20 Å². The Bertz CT molecular complexity index is 550. The molecule has 1 N–H and O–H groups in total. The lowest BCUT2D eigenvalue weighted by molar-refractivity contribution is -0.122. The van der Waals surface area contributed by atoms with Gasteiger partial charge in [-0.2, -0.15) is 0 Å². The Kier molecular flexibility index (Phi) is 3.02. The number of amides is 1. The molecular weight excluding hydrogens is 248 g/mol. The van der Waals surface area contributed by atoms with E-state index in [9.17, 15) is 4.79 Å². The van der Waals surface area contributed by atoms with Gasteiger partial charge in [-0.05, 0) is 25.0 Å². The minimum absolute atomic E-state index is 0.0602. The van der Waals surface area contributed by atoms with Crippen molar-refractivity contribution in [1.82, 2.24) is 15.2 Å². The number of rotatable bonds is 3. The van der Waals surface area contributed by atoms with Crippen LogP contribution in [-0.2, 0) is 4.79 Å². The van der Waals surface area contributed by atoms with E-state index in [2.05, 4.69) is 20.5 Å². The van der Waals surface area contributed by atoms with Gasteiger partial charge in [0, 0.05) is 12.1 Å². The highest BCUT2D eigenvalue weighted by atomic mass is 32.1. The molecule has 0 atom stereocenters. The Morgan fingerprint density at radius 1 is 1.33 bits per heavy atom. The Balaban J connectivity index is 1.71. The number of nitrogens with zero attached hydrogens (tertiary/aromatic N) is 3. The molecule has 0 aliphatic heterocycles. The van der Waals surface area contributed by atoms with Crippen LogP contribution in [0.4, 0.5) is 5.13 Å². The highest BCUT2D eigenvalue weighted by Crippen LogP contribution is 2.29. The summed E-state index contributed by atoms with van der Waals surface area (Å²) >= 11 is 1.35. The number of hydrogen-bond acceptors (Lipinski definition) is 5. The third-order valence-electron chi connectivity index (χ3n) is 3.02. The predicted molar refractivity (Wildman–Crippen MR) is 69.1 cm³/mol. The second-order valence-corrected chi connectivity index (χ2v) is 5.22. The molecule has 5 nitrogen and oxygen atoms in total. The summed E-state index contributed by atoms with van der Waals surface area (Å²) in [6, 6.07) is 5.62. The number of anilines is 1. The van der Waals surface area contributed by atoms with Crippen molar-refractivity contribution in [2.24, 2.45) is 5.92 Å². The molecule has 1 amide bonds. The zero-order valence-electron chi connectivity index (χ0n) is 9.67. The van der Waals surface area contributed by atoms with Gasteiger partial charge in [-0.1, -0.05) is 23.8 Å². The first-order valence-electron chi connectivity index (χ1n) is 5.89. The molecule has 1 fully saturated rings. The fraction of sp³-hybridized carbons (Fsp3) is 0.333. The van der Waals surface area contributed by atoms with Crippen LogP contribution in [-0.4, -0.2) is 21.1 Å². The molecule has 2 aromatic rings. The Hall–Kier alpha value is -1.82. The molecule has 0 radical (unpaired) electrons. The first kappa shape index (κ1) is 11.3. The molecule has 18 heavy (non-hydrogen) atoms. The van der Waals surface area contributed by atoms with Crippen LogP contribution in [0.3, 0.4) is 0 Å². The molecule has 0 bridgehead atoms. The van der Waals surface area contributed by atoms with Crippen molar-refractivity contribution in [2.75, 3.05) is 5.32 Å². The van der Waals surface area contributed by atoms with Crippen LogP contribution in [0.5, 0.6) is 0 Å². The smallest absolute Gasteiger partial charge is 0.229 e. The maximum atomic E-state index is 11.8. The normalized spacial score (nSPS) is 15.1. The average Bonchev–Trinajstić information content (AvgIpc) is 2.76. The van der Waals surface area contributed by atoms with Gasteiger partial charge in [0.25, 0.3) is 0 Å². The van der Waals surface area contributed by atoms with E-state index >= 15 is 0 Å². The summed E-state index contributed by atoms with van der Waals surface area (Å²) in [7, 11) is 0. The molecule has 2 aromatic heterocycles. The van der Waals surface area contributed by atoms with Crippen LogP contribution in [0.2, 0.25) is 0 Å². The molecule has 0 saturated heterocycles. The number of hydrogen-bond donors (Lipinski definition) is 1. The van der Waals surface area contributed by atoms with E-state index in [-0.39, 0.29) is 11.8 Å². The van der Waals surface area contributed by atoms with E-state index in [1.165, 1.54) is 11.3 Å². The fourth-order valence-electron chi connectivity index (χ4n) is 1.74. The largest absolute Gasteiger partial charge is 0.300 e. The summed E-state index contributed by atoms with van der Waals surface area (Å²) < 4.78 is 0. The topological polar surface area (TPSA) is 67.8 Å². The van der Waals surface area contributed by atoms with Crippen LogP contribution < -0.4 is 5.32 Å². The summed E-state index contributed by atoms with van der Waals surface area (Å²) in [6.45, 7) is 0. The molecule has 6 heteroatoms. The summed E-state index contributed by atoms with van der Waals surface area (Å²) in [5, 5.41) is 12.1. The standard InChI is InChI=1S/C12H12N4OS/c17-10(8-4-3-5-8)14-12-16-15-11(18-12)9-6-1-2-7-13-9/h1-2,6-8H,3-5H2,(H,14,16,17). The lowest BCUT2D eigenvalue weighted by Gasteiger charge is -2.23. The van der Waals surface area contributed by atoms with Gasteiger partial charge in [-0.25, -0.2) is 0 Å². The number of carbonyl (C=O) groups excluding carboxylic acids is 1. The van der Waals surface area contributed by atoms with E-state index in [0.717, 1.165) is 30.0 Å². The van der Waals surface area contributed by atoms with Crippen molar-refractivity contribution >= 4 is 22.4 Å². The molecule has 1 saturated carbocycles. The Morgan fingerprint density at radius 2 is 2.22 bits per heavy atom. The number of carbonyl (C=O) groups is 1. The van der Waals surface area contributed by atoms with Gasteiger partial charge < -0.3 is 5.32 Å². The number of aromatic nitrogens is 3. The molecule has 1 aliphatic rings. The average molecular weight is 260 g/mol. The third-order valence-corrected chi connectivity index (χ3v) is 3.88. The molecule has 0 aromatic carbocycles. The van der Waals surface area contributed by atoms with Gasteiger partial charge in [0.05, 0.1) is 0 Å². The summed E-state index contributed by atoms with van der Waals surface area (Å²) in [6.07, 6.45) is 4.83. The van der Waals surface area contributed by atoms with Gasteiger partial charge in [0.1, 0.15) is 5.69 Å². The summed E-state index contributed by atoms with van der Waals surface area (Å²) in [5.41, 5.74) is 0.777. The summed E-state index contributed by atoms with van der Waals surface area (Å²) in [4.78, 5) is 16.0. The van der Waals surface area contributed by atoms with Crippen molar-refractivity contribution in [3.63, 3.8) is 0 Å². The number of nitrogens with one attached hydrogen (secondary N) is 1. The SMILES string of the molecule is O=C(Nc1nnc(-c2ccccn2)s1)C1CCC1. The maximum Gasteiger partial charge on any atom is 0.229 e.